The quantitative estimate of drug-likeness (QED) is 0.813. The van der Waals surface area contributed by atoms with Gasteiger partial charge >= 0.3 is 0 Å². The summed E-state index contributed by atoms with van der Waals surface area (Å²) in [5, 5.41) is 12.4. The molecule has 0 saturated heterocycles. The van der Waals surface area contributed by atoms with Gasteiger partial charge in [0.25, 0.3) is 0 Å². The molecule has 3 heteroatoms. The highest BCUT2D eigenvalue weighted by atomic mass is 16.5. The molecule has 0 spiro atoms. The second kappa shape index (κ2) is 7.68. The summed E-state index contributed by atoms with van der Waals surface area (Å²) < 4.78 is 5.73. The molecule has 0 unspecified atom stereocenters. The summed E-state index contributed by atoms with van der Waals surface area (Å²) in [4.78, 5) is 0. The van der Waals surface area contributed by atoms with Gasteiger partial charge in [0.2, 0.25) is 0 Å². The van der Waals surface area contributed by atoms with Crippen molar-refractivity contribution in [3.8, 4) is 5.75 Å². The van der Waals surface area contributed by atoms with Gasteiger partial charge in [-0.05, 0) is 30.2 Å². The van der Waals surface area contributed by atoms with Gasteiger partial charge < -0.3 is 15.2 Å². The van der Waals surface area contributed by atoms with Gasteiger partial charge in [-0.2, -0.15) is 0 Å². The van der Waals surface area contributed by atoms with Gasteiger partial charge in [-0.3, -0.25) is 0 Å². The number of nitrogens with one attached hydrogen (secondary N) is 1. The number of hydrogen-bond donors (Lipinski definition) is 2. The van der Waals surface area contributed by atoms with Crippen molar-refractivity contribution in [1.82, 2.24) is 5.32 Å². The number of aliphatic hydroxyl groups excluding tert-OH is 1. The lowest BCUT2D eigenvalue weighted by Gasteiger charge is -2.09. The summed E-state index contributed by atoms with van der Waals surface area (Å²) in [6, 6.07) is 18.1. The molecule has 2 aromatic rings. The number of ether oxygens (including phenoxy) is 1. The topological polar surface area (TPSA) is 41.5 Å². The van der Waals surface area contributed by atoms with E-state index in [9.17, 15) is 5.11 Å². The Labute approximate surface area is 120 Å². The molecule has 2 rings (SSSR count). The van der Waals surface area contributed by atoms with E-state index in [0.717, 1.165) is 17.9 Å². The Kier molecular flexibility index (Phi) is 5.59. The van der Waals surface area contributed by atoms with Crippen molar-refractivity contribution >= 4 is 0 Å². The summed E-state index contributed by atoms with van der Waals surface area (Å²) in [7, 11) is 0. The monoisotopic (exact) mass is 271 g/mol. The maximum atomic E-state index is 9.17. The number of rotatable bonds is 7. The predicted octanol–water partition coefficient (Wildman–Crippen LogP) is 2.74. The van der Waals surface area contributed by atoms with Gasteiger partial charge in [0.15, 0.2) is 0 Å². The molecule has 0 aromatic heterocycles. The molecule has 2 N–H and O–H groups in total. The summed E-state index contributed by atoms with van der Waals surface area (Å²) in [5.41, 5.74) is 2.34. The van der Waals surface area contributed by atoms with E-state index in [0.29, 0.717) is 13.2 Å². The average Bonchev–Trinajstić information content (AvgIpc) is 2.47. The fourth-order valence-electron chi connectivity index (χ4n) is 1.87. The SMILES string of the molecule is C[C@@H](O)CNCc1ccc(OCc2ccccc2)cc1. The van der Waals surface area contributed by atoms with Crippen LogP contribution in [0.5, 0.6) is 5.75 Å². The van der Waals surface area contributed by atoms with Crippen LogP contribution in [0.25, 0.3) is 0 Å². The lowest BCUT2D eigenvalue weighted by molar-refractivity contribution is 0.191. The molecule has 0 aliphatic heterocycles. The molecule has 0 bridgehead atoms. The van der Waals surface area contributed by atoms with Gasteiger partial charge in [-0.25, -0.2) is 0 Å². The smallest absolute Gasteiger partial charge is 0.119 e. The summed E-state index contributed by atoms with van der Waals surface area (Å²) in [6.45, 7) is 3.71. The van der Waals surface area contributed by atoms with Crippen LogP contribution < -0.4 is 10.1 Å². The number of hydrogen-bond acceptors (Lipinski definition) is 3. The van der Waals surface area contributed by atoms with Crippen LogP contribution in [0.4, 0.5) is 0 Å². The molecule has 0 radical (unpaired) electrons. The van der Waals surface area contributed by atoms with Crippen molar-refractivity contribution in [2.24, 2.45) is 0 Å². The molecule has 20 heavy (non-hydrogen) atoms. The Hall–Kier alpha value is -1.84. The first-order chi connectivity index (χ1) is 9.74. The normalized spacial score (nSPS) is 12.1. The zero-order valence-corrected chi connectivity index (χ0v) is 11.8. The van der Waals surface area contributed by atoms with Crippen LogP contribution in [0, 0.1) is 0 Å². The van der Waals surface area contributed by atoms with E-state index in [-0.39, 0.29) is 6.10 Å². The number of benzene rings is 2. The summed E-state index contributed by atoms with van der Waals surface area (Å²) in [6.07, 6.45) is -0.316. The maximum Gasteiger partial charge on any atom is 0.119 e. The second-order valence-corrected chi connectivity index (χ2v) is 4.90. The zero-order chi connectivity index (χ0) is 14.2. The molecule has 3 nitrogen and oxygen atoms in total. The fourth-order valence-corrected chi connectivity index (χ4v) is 1.87. The average molecular weight is 271 g/mol. The molecular formula is C17H21NO2. The molecule has 106 valence electrons. The third kappa shape index (κ3) is 5.03. The van der Waals surface area contributed by atoms with E-state index in [1.807, 2.05) is 54.6 Å². The molecule has 0 amide bonds. The molecule has 0 aliphatic carbocycles. The highest BCUT2D eigenvalue weighted by Crippen LogP contribution is 2.14. The molecule has 0 heterocycles. The van der Waals surface area contributed by atoms with Crippen LogP contribution in [-0.2, 0) is 13.2 Å². The first-order valence-electron chi connectivity index (χ1n) is 6.88. The highest BCUT2D eigenvalue weighted by molar-refractivity contribution is 5.27. The maximum absolute atomic E-state index is 9.17. The lowest BCUT2D eigenvalue weighted by Crippen LogP contribution is -2.23. The van der Waals surface area contributed by atoms with E-state index < -0.39 is 0 Å². The van der Waals surface area contributed by atoms with Crippen LogP contribution in [0.3, 0.4) is 0 Å². The molecular weight excluding hydrogens is 250 g/mol. The van der Waals surface area contributed by atoms with Crippen molar-refractivity contribution in [3.05, 3.63) is 65.7 Å². The summed E-state index contributed by atoms with van der Waals surface area (Å²) in [5.74, 6) is 0.869. The minimum Gasteiger partial charge on any atom is -0.489 e. The van der Waals surface area contributed by atoms with Gasteiger partial charge in [0.1, 0.15) is 12.4 Å². The standard InChI is InChI=1S/C17H21NO2/c1-14(19)11-18-12-15-7-9-17(10-8-15)20-13-16-5-3-2-4-6-16/h2-10,14,18-19H,11-13H2,1H3/t14-/m1/s1. The Morgan fingerprint density at radius 1 is 1.00 bits per heavy atom. The molecule has 2 aromatic carbocycles. The Bertz CT molecular complexity index is 494. The van der Waals surface area contributed by atoms with Crippen molar-refractivity contribution < 1.29 is 9.84 Å². The third-order valence-electron chi connectivity index (χ3n) is 2.94. The molecule has 0 saturated carbocycles. The second-order valence-electron chi connectivity index (χ2n) is 4.90. The highest BCUT2D eigenvalue weighted by Gasteiger charge is 1.98. The van der Waals surface area contributed by atoms with E-state index in [2.05, 4.69) is 5.32 Å². The minimum atomic E-state index is -0.316. The fraction of sp³-hybridized carbons (Fsp3) is 0.294. The number of aliphatic hydroxyl groups is 1. The predicted molar refractivity (Wildman–Crippen MR) is 80.6 cm³/mol. The first kappa shape index (κ1) is 14.6. The van der Waals surface area contributed by atoms with E-state index in [1.165, 1.54) is 5.56 Å². The Morgan fingerprint density at radius 3 is 2.35 bits per heavy atom. The van der Waals surface area contributed by atoms with Gasteiger partial charge in [-0.1, -0.05) is 42.5 Å². The molecule has 1 atom stereocenters. The van der Waals surface area contributed by atoms with Crippen LogP contribution in [-0.4, -0.2) is 17.8 Å². The first-order valence-corrected chi connectivity index (χ1v) is 6.88. The lowest BCUT2D eigenvalue weighted by atomic mass is 10.2. The zero-order valence-electron chi connectivity index (χ0n) is 11.8. The van der Waals surface area contributed by atoms with Gasteiger partial charge in [-0.15, -0.1) is 0 Å². The minimum absolute atomic E-state index is 0.316. The van der Waals surface area contributed by atoms with Crippen molar-refractivity contribution in [2.75, 3.05) is 6.54 Å². The van der Waals surface area contributed by atoms with Crippen LogP contribution in [0.2, 0.25) is 0 Å². The van der Waals surface area contributed by atoms with Crippen LogP contribution >= 0.6 is 0 Å². The van der Waals surface area contributed by atoms with E-state index >= 15 is 0 Å². The largest absolute Gasteiger partial charge is 0.489 e. The molecule has 0 aliphatic rings. The van der Waals surface area contributed by atoms with E-state index in [1.54, 1.807) is 6.92 Å². The molecule has 0 fully saturated rings. The Balaban J connectivity index is 1.79. The van der Waals surface area contributed by atoms with E-state index in [4.69, 9.17) is 4.74 Å². The van der Waals surface area contributed by atoms with Crippen LogP contribution in [0.1, 0.15) is 18.1 Å². The Morgan fingerprint density at radius 2 is 1.70 bits per heavy atom. The van der Waals surface area contributed by atoms with Crippen molar-refractivity contribution in [2.45, 2.75) is 26.2 Å². The van der Waals surface area contributed by atoms with Crippen molar-refractivity contribution in [3.63, 3.8) is 0 Å². The van der Waals surface area contributed by atoms with Gasteiger partial charge in [0.05, 0.1) is 6.10 Å². The van der Waals surface area contributed by atoms with Crippen LogP contribution in [0.15, 0.2) is 54.6 Å². The van der Waals surface area contributed by atoms with Gasteiger partial charge in [0, 0.05) is 13.1 Å². The summed E-state index contributed by atoms with van der Waals surface area (Å²) >= 11 is 0. The third-order valence-corrected chi connectivity index (χ3v) is 2.94. The van der Waals surface area contributed by atoms with Crippen molar-refractivity contribution in [1.29, 1.82) is 0 Å².